The molecule has 0 radical (unpaired) electrons. The standard InChI is InChI=1S/C13H24N4O/c1-11(10-18-3)17-9-7-15-13(17)14-6-8-16(2)12-4-5-12/h7,9,11-12H,4-6,8,10H2,1-3H3,(H,14,15). The first-order valence-electron chi connectivity index (χ1n) is 6.68. The predicted octanol–water partition coefficient (Wildman–Crippen LogP) is 1.60. The average molecular weight is 252 g/mol. The van der Waals surface area contributed by atoms with E-state index in [0.717, 1.165) is 25.1 Å². The van der Waals surface area contributed by atoms with Gasteiger partial charge in [0.05, 0.1) is 12.6 Å². The molecule has 1 atom stereocenters. The van der Waals surface area contributed by atoms with Crippen LogP contribution in [0.5, 0.6) is 0 Å². The summed E-state index contributed by atoms with van der Waals surface area (Å²) in [6.07, 6.45) is 6.54. The van der Waals surface area contributed by atoms with E-state index >= 15 is 0 Å². The van der Waals surface area contributed by atoms with E-state index in [0.29, 0.717) is 12.6 Å². The molecule has 18 heavy (non-hydrogen) atoms. The summed E-state index contributed by atoms with van der Waals surface area (Å²) >= 11 is 0. The third-order valence-electron chi connectivity index (χ3n) is 3.47. The second kappa shape index (κ2) is 6.20. The first kappa shape index (κ1) is 13.4. The van der Waals surface area contributed by atoms with Crippen molar-refractivity contribution in [1.82, 2.24) is 14.5 Å². The summed E-state index contributed by atoms with van der Waals surface area (Å²) in [6, 6.07) is 1.13. The van der Waals surface area contributed by atoms with Crippen LogP contribution in [0.15, 0.2) is 12.4 Å². The zero-order valence-electron chi connectivity index (χ0n) is 11.6. The van der Waals surface area contributed by atoms with Crippen molar-refractivity contribution in [2.45, 2.75) is 31.8 Å². The summed E-state index contributed by atoms with van der Waals surface area (Å²) in [5, 5.41) is 3.40. The van der Waals surface area contributed by atoms with Crippen LogP contribution in [0, 0.1) is 0 Å². The molecule has 5 nitrogen and oxygen atoms in total. The van der Waals surface area contributed by atoms with Gasteiger partial charge < -0.3 is 19.5 Å². The zero-order valence-corrected chi connectivity index (χ0v) is 11.6. The lowest BCUT2D eigenvalue weighted by atomic mass is 10.3. The number of anilines is 1. The lowest BCUT2D eigenvalue weighted by molar-refractivity contribution is 0.163. The largest absolute Gasteiger partial charge is 0.383 e. The van der Waals surface area contributed by atoms with Gasteiger partial charge in [-0.1, -0.05) is 0 Å². The van der Waals surface area contributed by atoms with Gasteiger partial charge in [0.1, 0.15) is 0 Å². The van der Waals surface area contributed by atoms with Crippen molar-refractivity contribution in [1.29, 1.82) is 0 Å². The van der Waals surface area contributed by atoms with Crippen molar-refractivity contribution in [3.8, 4) is 0 Å². The highest BCUT2D eigenvalue weighted by Crippen LogP contribution is 2.24. The Labute approximate surface area is 109 Å². The molecule has 1 aromatic heterocycles. The SMILES string of the molecule is COCC(C)n1ccnc1NCCN(C)C1CC1. The maximum absolute atomic E-state index is 5.18. The fourth-order valence-electron chi connectivity index (χ4n) is 2.17. The minimum atomic E-state index is 0.307. The molecular weight excluding hydrogens is 228 g/mol. The average Bonchev–Trinajstić information content (AvgIpc) is 3.09. The second-order valence-corrected chi connectivity index (χ2v) is 5.10. The smallest absolute Gasteiger partial charge is 0.203 e. The Morgan fingerprint density at radius 2 is 2.39 bits per heavy atom. The van der Waals surface area contributed by atoms with Gasteiger partial charge in [-0.15, -0.1) is 0 Å². The Morgan fingerprint density at radius 1 is 1.61 bits per heavy atom. The number of ether oxygens (including phenoxy) is 1. The third-order valence-corrected chi connectivity index (χ3v) is 3.47. The maximum Gasteiger partial charge on any atom is 0.203 e. The summed E-state index contributed by atoms with van der Waals surface area (Å²) in [4.78, 5) is 6.77. The van der Waals surface area contributed by atoms with Crippen LogP contribution in [0.25, 0.3) is 0 Å². The molecule has 0 saturated heterocycles. The molecule has 1 aromatic rings. The summed E-state index contributed by atoms with van der Waals surface area (Å²) < 4.78 is 7.31. The lowest BCUT2D eigenvalue weighted by Gasteiger charge is -2.18. The lowest BCUT2D eigenvalue weighted by Crippen LogP contribution is -2.28. The predicted molar refractivity (Wildman–Crippen MR) is 73.0 cm³/mol. The van der Waals surface area contributed by atoms with Gasteiger partial charge in [0.25, 0.3) is 0 Å². The molecule has 1 N–H and O–H groups in total. The highest BCUT2D eigenvalue weighted by molar-refractivity contribution is 5.26. The number of imidazole rings is 1. The molecule has 102 valence electrons. The van der Waals surface area contributed by atoms with Gasteiger partial charge in [0.2, 0.25) is 5.95 Å². The van der Waals surface area contributed by atoms with E-state index in [1.165, 1.54) is 12.8 Å². The van der Waals surface area contributed by atoms with Crippen LogP contribution < -0.4 is 5.32 Å². The van der Waals surface area contributed by atoms with Crippen LogP contribution in [0.4, 0.5) is 5.95 Å². The van der Waals surface area contributed by atoms with E-state index in [-0.39, 0.29) is 0 Å². The van der Waals surface area contributed by atoms with Crippen molar-refractivity contribution in [3.05, 3.63) is 12.4 Å². The molecule has 1 saturated carbocycles. The minimum Gasteiger partial charge on any atom is -0.383 e. The Bertz CT molecular complexity index is 362. The van der Waals surface area contributed by atoms with Gasteiger partial charge in [-0.2, -0.15) is 0 Å². The number of hydrogen-bond acceptors (Lipinski definition) is 4. The van der Waals surface area contributed by atoms with Crippen molar-refractivity contribution >= 4 is 5.95 Å². The Kier molecular flexibility index (Phi) is 4.60. The van der Waals surface area contributed by atoms with Crippen molar-refractivity contribution in [2.75, 3.05) is 39.2 Å². The summed E-state index contributed by atoms with van der Waals surface area (Å²) in [6.45, 7) is 4.83. The zero-order chi connectivity index (χ0) is 13.0. The molecule has 1 fully saturated rings. The van der Waals surface area contributed by atoms with Crippen molar-refractivity contribution in [3.63, 3.8) is 0 Å². The van der Waals surface area contributed by atoms with E-state index in [4.69, 9.17) is 4.74 Å². The molecule has 5 heteroatoms. The van der Waals surface area contributed by atoms with Crippen LogP contribution >= 0.6 is 0 Å². The Hall–Kier alpha value is -1.07. The van der Waals surface area contributed by atoms with E-state index < -0.39 is 0 Å². The Morgan fingerprint density at radius 3 is 3.06 bits per heavy atom. The number of rotatable bonds is 8. The number of methoxy groups -OCH3 is 1. The third kappa shape index (κ3) is 3.46. The van der Waals surface area contributed by atoms with Crippen LogP contribution in [-0.2, 0) is 4.74 Å². The minimum absolute atomic E-state index is 0.307. The molecule has 1 aliphatic carbocycles. The molecular formula is C13H24N4O. The van der Waals surface area contributed by atoms with Crippen LogP contribution in [0.3, 0.4) is 0 Å². The van der Waals surface area contributed by atoms with Gasteiger partial charge in [-0.25, -0.2) is 4.98 Å². The van der Waals surface area contributed by atoms with Gasteiger partial charge >= 0.3 is 0 Å². The molecule has 1 unspecified atom stereocenters. The number of aromatic nitrogens is 2. The van der Waals surface area contributed by atoms with E-state index in [1.807, 2.05) is 12.4 Å². The number of nitrogens with one attached hydrogen (secondary N) is 1. The maximum atomic E-state index is 5.18. The molecule has 1 aliphatic rings. The van der Waals surface area contributed by atoms with Gasteiger partial charge in [-0.05, 0) is 26.8 Å². The van der Waals surface area contributed by atoms with Gasteiger partial charge in [-0.3, -0.25) is 0 Å². The first-order chi connectivity index (χ1) is 8.72. The van der Waals surface area contributed by atoms with Crippen LogP contribution in [0.2, 0.25) is 0 Å². The topological polar surface area (TPSA) is 42.3 Å². The fraction of sp³-hybridized carbons (Fsp3) is 0.769. The molecule has 0 bridgehead atoms. The summed E-state index contributed by atoms with van der Waals surface area (Å²) in [5.41, 5.74) is 0. The molecule has 2 rings (SSSR count). The summed E-state index contributed by atoms with van der Waals surface area (Å²) in [5.74, 6) is 0.934. The van der Waals surface area contributed by atoms with Crippen LogP contribution in [-0.4, -0.2) is 54.3 Å². The highest BCUT2D eigenvalue weighted by Gasteiger charge is 2.25. The van der Waals surface area contributed by atoms with Gasteiger partial charge in [0.15, 0.2) is 0 Å². The molecule has 0 aliphatic heterocycles. The fourth-order valence-corrected chi connectivity index (χ4v) is 2.17. The summed E-state index contributed by atoms with van der Waals surface area (Å²) in [7, 11) is 3.92. The number of nitrogens with zero attached hydrogens (tertiary/aromatic N) is 3. The van der Waals surface area contributed by atoms with E-state index in [1.54, 1.807) is 7.11 Å². The molecule has 1 heterocycles. The quantitative estimate of drug-likeness (QED) is 0.763. The van der Waals surface area contributed by atoms with Crippen molar-refractivity contribution in [2.24, 2.45) is 0 Å². The van der Waals surface area contributed by atoms with E-state index in [2.05, 4.69) is 33.7 Å². The Balaban J connectivity index is 1.79. The number of hydrogen-bond donors (Lipinski definition) is 1. The molecule has 0 amide bonds. The molecule has 0 spiro atoms. The van der Waals surface area contributed by atoms with Gasteiger partial charge in [0, 0.05) is 38.6 Å². The first-order valence-corrected chi connectivity index (χ1v) is 6.68. The monoisotopic (exact) mass is 252 g/mol. The van der Waals surface area contributed by atoms with Crippen molar-refractivity contribution < 1.29 is 4.74 Å². The number of likely N-dealkylation sites (N-methyl/N-ethyl adjacent to an activating group) is 1. The highest BCUT2D eigenvalue weighted by atomic mass is 16.5. The normalized spacial score (nSPS) is 17.1. The molecule has 0 aromatic carbocycles. The van der Waals surface area contributed by atoms with E-state index in [9.17, 15) is 0 Å². The van der Waals surface area contributed by atoms with Crippen LogP contribution in [0.1, 0.15) is 25.8 Å². The second-order valence-electron chi connectivity index (χ2n) is 5.10.